The summed E-state index contributed by atoms with van der Waals surface area (Å²) in [4.78, 5) is 0. The van der Waals surface area contributed by atoms with Crippen LogP contribution in [0.25, 0.3) is 0 Å². The zero-order chi connectivity index (χ0) is 10.2. The molecular formula is C12H25NO. The third-order valence-corrected chi connectivity index (χ3v) is 2.96. The third-order valence-electron chi connectivity index (χ3n) is 2.96. The van der Waals surface area contributed by atoms with Crippen LogP contribution in [0.1, 0.15) is 46.0 Å². The molecule has 2 heteroatoms. The van der Waals surface area contributed by atoms with Crippen LogP contribution < -0.4 is 5.32 Å². The molecule has 1 aliphatic rings. The van der Waals surface area contributed by atoms with Crippen molar-refractivity contribution in [1.82, 2.24) is 5.32 Å². The normalized spacial score (nSPS) is 18.4. The molecule has 1 rings (SSSR count). The summed E-state index contributed by atoms with van der Waals surface area (Å²) in [7, 11) is 0. The smallest absolute Gasteiger partial charge is 0.0466 e. The molecular weight excluding hydrogens is 174 g/mol. The monoisotopic (exact) mass is 199 g/mol. The summed E-state index contributed by atoms with van der Waals surface area (Å²) in [6.07, 6.45) is 6.63. The Morgan fingerprint density at radius 2 is 2.14 bits per heavy atom. The molecule has 0 aromatic rings. The van der Waals surface area contributed by atoms with Gasteiger partial charge in [0.1, 0.15) is 0 Å². The Bertz CT molecular complexity index is 134. The number of nitrogens with one attached hydrogen (secondary N) is 1. The van der Waals surface area contributed by atoms with Crippen LogP contribution in [0.2, 0.25) is 0 Å². The van der Waals surface area contributed by atoms with Gasteiger partial charge in [0.15, 0.2) is 0 Å². The van der Waals surface area contributed by atoms with E-state index in [-0.39, 0.29) is 0 Å². The highest BCUT2D eigenvalue weighted by Crippen LogP contribution is 2.20. The Balaban J connectivity index is 1.93. The zero-order valence-corrected chi connectivity index (χ0v) is 9.72. The first-order valence-electron chi connectivity index (χ1n) is 6.18. The van der Waals surface area contributed by atoms with Gasteiger partial charge in [0.2, 0.25) is 0 Å². The molecule has 1 saturated carbocycles. The highest BCUT2D eigenvalue weighted by Gasteiger charge is 2.21. The Morgan fingerprint density at radius 1 is 1.36 bits per heavy atom. The van der Waals surface area contributed by atoms with Gasteiger partial charge in [-0.05, 0) is 45.1 Å². The summed E-state index contributed by atoms with van der Waals surface area (Å²) in [5.74, 6) is 0.857. The van der Waals surface area contributed by atoms with Crippen molar-refractivity contribution in [3.05, 3.63) is 0 Å². The van der Waals surface area contributed by atoms with Crippen molar-refractivity contribution in [2.75, 3.05) is 19.8 Å². The van der Waals surface area contributed by atoms with Crippen LogP contribution >= 0.6 is 0 Å². The largest absolute Gasteiger partial charge is 0.382 e. The van der Waals surface area contributed by atoms with E-state index in [9.17, 15) is 0 Å². The van der Waals surface area contributed by atoms with Crippen LogP contribution in [0, 0.1) is 5.92 Å². The molecule has 1 atom stereocenters. The zero-order valence-electron chi connectivity index (χ0n) is 9.72. The Hall–Kier alpha value is -0.0800. The summed E-state index contributed by atoms with van der Waals surface area (Å²) in [5, 5.41) is 3.61. The second-order valence-electron chi connectivity index (χ2n) is 4.30. The molecule has 1 N–H and O–H groups in total. The van der Waals surface area contributed by atoms with E-state index in [2.05, 4.69) is 19.2 Å². The molecule has 0 spiro atoms. The summed E-state index contributed by atoms with van der Waals surface area (Å²) in [5.41, 5.74) is 0. The first-order valence-corrected chi connectivity index (χ1v) is 6.18. The molecule has 0 saturated heterocycles. The minimum Gasteiger partial charge on any atom is -0.382 e. The minimum atomic E-state index is 0.857. The van der Waals surface area contributed by atoms with Crippen LogP contribution in [0.4, 0.5) is 0 Å². The molecule has 0 heterocycles. The number of hydrogen-bond donors (Lipinski definition) is 1. The summed E-state index contributed by atoms with van der Waals surface area (Å²) in [6, 6.07) is 0.857. The lowest BCUT2D eigenvalue weighted by Crippen LogP contribution is -2.24. The van der Waals surface area contributed by atoms with E-state index in [1.807, 2.05) is 0 Å². The van der Waals surface area contributed by atoms with E-state index in [0.717, 1.165) is 25.2 Å². The molecule has 84 valence electrons. The first kappa shape index (κ1) is 12.0. The molecule has 1 aliphatic carbocycles. The van der Waals surface area contributed by atoms with E-state index in [0.29, 0.717) is 0 Å². The second kappa shape index (κ2) is 7.24. The highest BCUT2D eigenvalue weighted by molar-refractivity contribution is 4.81. The fourth-order valence-corrected chi connectivity index (χ4v) is 1.69. The molecule has 0 aliphatic heterocycles. The van der Waals surface area contributed by atoms with Gasteiger partial charge >= 0.3 is 0 Å². The third kappa shape index (κ3) is 5.61. The molecule has 0 bridgehead atoms. The summed E-state index contributed by atoms with van der Waals surface area (Å²) < 4.78 is 5.35. The minimum absolute atomic E-state index is 0.857. The summed E-state index contributed by atoms with van der Waals surface area (Å²) >= 11 is 0. The van der Waals surface area contributed by atoms with Crippen LogP contribution in [0.15, 0.2) is 0 Å². The van der Waals surface area contributed by atoms with Crippen molar-refractivity contribution in [3.8, 4) is 0 Å². The van der Waals surface area contributed by atoms with Gasteiger partial charge in [-0.25, -0.2) is 0 Å². The van der Waals surface area contributed by atoms with E-state index < -0.39 is 0 Å². The predicted octanol–water partition coefficient (Wildman–Crippen LogP) is 2.58. The Morgan fingerprint density at radius 3 is 2.71 bits per heavy atom. The fraction of sp³-hybridized carbons (Fsp3) is 1.00. The SMILES string of the molecule is CCOCCCC(CC)CNC1CC1. The average Bonchev–Trinajstić information content (AvgIpc) is 3.01. The molecule has 1 fully saturated rings. The molecule has 0 aromatic carbocycles. The van der Waals surface area contributed by atoms with Crippen LogP contribution in [0.3, 0.4) is 0 Å². The predicted molar refractivity (Wildman–Crippen MR) is 60.5 cm³/mol. The summed E-state index contributed by atoms with van der Waals surface area (Å²) in [6.45, 7) is 7.37. The maximum absolute atomic E-state index is 5.35. The van der Waals surface area contributed by atoms with Gasteiger partial charge in [0.25, 0.3) is 0 Å². The van der Waals surface area contributed by atoms with Crippen molar-refractivity contribution >= 4 is 0 Å². The van der Waals surface area contributed by atoms with Crippen LogP contribution in [-0.2, 0) is 4.74 Å². The lowest BCUT2D eigenvalue weighted by atomic mass is 10.0. The maximum Gasteiger partial charge on any atom is 0.0466 e. The lowest BCUT2D eigenvalue weighted by Gasteiger charge is -2.15. The molecule has 0 amide bonds. The molecule has 2 nitrogen and oxygen atoms in total. The maximum atomic E-state index is 5.35. The first-order chi connectivity index (χ1) is 6.86. The van der Waals surface area contributed by atoms with Gasteiger partial charge in [-0.15, -0.1) is 0 Å². The molecule has 1 unspecified atom stereocenters. The molecule has 0 aromatic heterocycles. The van der Waals surface area contributed by atoms with E-state index in [4.69, 9.17) is 4.74 Å². The van der Waals surface area contributed by atoms with Gasteiger partial charge in [-0.3, -0.25) is 0 Å². The standard InChI is InChI=1S/C12H25NO/c1-3-11(6-5-9-14-4-2)10-13-12-7-8-12/h11-13H,3-10H2,1-2H3. The van der Waals surface area contributed by atoms with Crippen LogP contribution in [0.5, 0.6) is 0 Å². The molecule has 14 heavy (non-hydrogen) atoms. The number of ether oxygens (including phenoxy) is 1. The Kier molecular flexibility index (Phi) is 6.20. The lowest BCUT2D eigenvalue weighted by molar-refractivity contribution is 0.139. The van der Waals surface area contributed by atoms with Crippen LogP contribution in [-0.4, -0.2) is 25.8 Å². The quantitative estimate of drug-likeness (QED) is 0.576. The van der Waals surface area contributed by atoms with Gasteiger partial charge in [0.05, 0.1) is 0 Å². The van der Waals surface area contributed by atoms with Gasteiger partial charge < -0.3 is 10.1 Å². The van der Waals surface area contributed by atoms with Gasteiger partial charge in [-0.2, -0.15) is 0 Å². The number of hydrogen-bond acceptors (Lipinski definition) is 2. The van der Waals surface area contributed by atoms with E-state index in [1.165, 1.54) is 38.6 Å². The second-order valence-corrected chi connectivity index (χ2v) is 4.30. The number of rotatable bonds is 9. The highest BCUT2D eigenvalue weighted by atomic mass is 16.5. The van der Waals surface area contributed by atoms with Crippen molar-refractivity contribution in [2.45, 2.75) is 52.0 Å². The van der Waals surface area contributed by atoms with Gasteiger partial charge in [-0.1, -0.05) is 13.3 Å². The van der Waals surface area contributed by atoms with Gasteiger partial charge in [0, 0.05) is 19.3 Å². The van der Waals surface area contributed by atoms with E-state index >= 15 is 0 Å². The van der Waals surface area contributed by atoms with Crippen molar-refractivity contribution in [3.63, 3.8) is 0 Å². The fourth-order valence-electron chi connectivity index (χ4n) is 1.69. The topological polar surface area (TPSA) is 21.3 Å². The van der Waals surface area contributed by atoms with E-state index in [1.54, 1.807) is 0 Å². The van der Waals surface area contributed by atoms with Crippen molar-refractivity contribution in [1.29, 1.82) is 0 Å². The van der Waals surface area contributed by atoms with Crippen molar-refractivity contribution < 1.29 is 4.74 Å². The Labute approximate surface area is 88.4 Å². The van der Waals surface area contributed by atoms with Crippen molar-refractivity contribution in [2.24, 2.45) is 5.92 Å². The average molecular weight is 199 g/mol. The molecule has 0 radical (unpaired) electrons.